The van der Waals surface area contributed by atoms with Crippen LogP contribution in [0.2, 0.25) is 0 Å². The summed E-state index contributed by atoms with van der Waals surface area (Å²) in [7, 11) is -4.67. The monoisotopic (exact) mass is 481 g/mol. The second-order valence-corrected chi connectivity index (χ2v) is 8.93. The van der Waals surface area contributed by atoms with Gasteiger partial charge in [0.05, 0.1) is 18.9 Å². The molecular weight excluding hydrogens is 457 g/mol. The molecule has 2 aromatic heterocycles. The summed E-state index contributed by atoms with van der Waals surface area (Å²) in [5.74, 6) is -0.465. The lowest BCUT2D eigenvalue weighted by atomic mass is 9.92. The van der Waals surface area contributed by atoms with Crippen molar-refractivity contribution in [1.29, 1.82) is 0 Å². The molecule has 0 radical (unpaired) electrons. The molecule has 2 atom stereocenters. The smallest absolute Gasteiger partial charge is 0.469 e. The first-order valence-electron chi connectivity index (χ1n) is 9.43. The van der Waals surface area contributed by atoms with Gasteiger partial charge in [-0.25, -0.2) is 27.1 Å². The number of rotatable bonds is 11. The maximum atomic E-state index is 13.6. The summed E-state index contributed by atoms with van der Waals surface area (Å²) in [6, 6.07) is 5.11. The van der Waals surface area contributed by atoms with E-state index in [2.05, 4.69) is 14.5 Å². The van der Waals surface area contributed by atoms with Crippen LogP contribution in [0.5, 0.6) is 5.75 Å². The molecule has 8 nitrogen and oxygen atoms in total. The van der Waals surface area contributed by atoms with E-state index in [1.165, 1.54) is 25.1 Å². The maximum Gasteiger partial charge on any atom is 0.469 e. The number of ether oxygens (including phenoxy) is 1. The number of phosphoric ester groups is 1. The molecule has 0 aromatic carbocycles. The van der Waals surface area contributed by atoms with Crippen LogP contribution in [0, 0.1) is 5.92 Å². The number of halogens is 4. The number of nitrogens with two attached hydrogens (primary N) is 1. The summed E-state index contributed by atoms with van der Waals surface area (Å²) in [5, 5.41) is 0. The Balaban J connectivity index is 2.10. The van der Waals surface area contributed by atoms with Crippen LogP contribution in [0.25, 0.3) is 11.3 Å². The summed E-state index contributed by atoms with van der Waals surface area (Å²) in [5.41, 5.74) is 4.01. The molecule has 0 aliphatic rings. The Morgan fingerprint density at radius 1 is 1.19 bits per heavy atom. The Bertz CT molecular complexity index is 958. The maximum absolute atomic E-state index is 13.6. The van der Waals surface area contributed by atoms with Gasteiger partial charge >= 0.3 is 7.82 Å². The molecule has 0 fully saturated rings. The zero-order valence-corrected chi connectivity index (χ0v) is 18.2. The van der Waals surface area contributed by atoms with E-state index in [1.807, 2.05) is 0 Å². The van der Waals surface area contributed by atoms with Gasteiger partial charge in [0.1, 0.15) is 17.1 Å². The third-order valence-electron chi connectivity index (χ3n) is 4.29. The molecule has 0 saturated carbocycles. The first-order chi connectivity index (χ1) is 14.8. The molecular formula is C19H24F4N3O5P. The number of alkyl halides is 4. The molecule has 1 unspecified atom stereocenters. The molecule has 178 valence electrons. The van der Waals surface area contributed by atoms with Gasteiger partial charge in [-0.1, -0.05) is 6.92 Å². The van der Waals surface area contributed by atoms with Gasteiger partial charge in [0.2, 0.25) is 0 Å². The van der Waals surface area contributed by atoms with E-state index < -0.39 is 44.2 Å². The highest BCUT2D eigenvalue weighted by molar-refractivity contribution is 7.46. The van der Waals surface area contributed by atoms with E-state index in [4.69, 9.17) is 20.3 Å². The van der Waals surface area contributed by atoms with Crippen LogP contribution >= 0.6 is 7.82 Å². The normalized spacial score (nSPS) is 15.1. The summed E-state index contributed by atoms with van der Waals surface area (Å²) in [4.78, 5) is 25.0. The molecule has 32 heavy (non-hydrogen) atoms. The van der Waals surface area contributed by atoms with Gasteiger partial charge in [-0.3, -0.25) is 9.51 Å². The Morgan fingerprint density at radius 3 is 2.47 bits per heavy atom. The average molecular weight is 481 g/mol. The van der Waals surface area contributed by atoms with Crippen molar-refractivity contribution in [1.82, 2.24) is 9.97 Å². The van der Waals surface area contributed by atoms with Crippen LogP contribution in [0.3, 0.4) is 0 Å². The number of nitrogens with zero attached hydrogens (tertiary/aromatic N) is 2. The molecule has 13 heteroatoms. The lowest BCUT2D eigenvalue weighted by molar-refractivity contribution is 0.128. The van der Waals surface area contributed by atoms with Crippen LogP contribution in [0.4, 0.5) is 17.6 Å². The van der Waals surface area contributed by atoms with Crippen LogP contribution in [-0.2, 0) is 9.09 Å². The topological polar surface area (TPSA) is 128 Å². The van der Waals surface area contributed by atoms with Gasteiger partial charge < -0.3 is 20.3 Å². The van der Waals surface area contributed by atoms with E-state index in [0.717, 1.165) is 12.3 Å². The zero-order chi connectivity index (χ0) is 24.1. The van der Waals surface area contributed by atoms with Crippen molar-refractivity contribution < 1.29 is 41.2 Å². The summed E-state index contributed by atoms with van der Waals surface area (Å²) >= 11 is 0. The fourth-order valence-corrected chi connectivity index (χ4v) is 3.47. The second kappa shape index (κ2) is 10.7. The van der Waals surface area contributed by atoms with E-state index in [9.17, 15) is 22.1 Å². The van der Waals surface area contributed by atoms with E-state index in [0.29, 0.717) is 0 Å². The van der Waals surface area contributed by atoms with Crippen molar-refractivity contribution in [2.45, 2.75) is 38.7 Å². The van der Waals surface area contributed by atoms with Crippen molar-refractivity contribution in [3.8, 4) is 17.0 Å². The van der Waals surface area contributed by atoms with Gasteiger partial charge in [0.15, 0.2) is 0 Å². The standard InChI is InChI=1S/C19H24F4N3O5P/c1-11(8-19(2,24)10-31-32(27,28)29)9-30-15-4-3-13(26-16(15)18(22)23)12-5-6-25-14(7-12)17(20)21/h3-7,11,17-18H,8-10,24H2,1-2H3,(H2,27,28,29)/t11-,19?/m0/s1. The van der Waals surface area contributed by atoms with Crippen LogP contribution in [0.1, 0.15) is 44.5 Å². The molecule has 0 amide bonds. The Kier molecular flexibility index (Phi) is 8.72. The Labute approximate surface area is 182 Å². The second-order valence-electron chi connectivity index (χ2n) is 7.69. The van der Waals surface area contributed by atoms with Gasteiger partial charge in [-0.05, 0) is 43.5 Å². The largest absolute Gasteiger partial charge is 0.491 e. The quantitative estimate of drug-likeness (QED) is 0.321. The molecule has 0 aliphatic carbocycles. The predicted octanol–water partition coefficient (Wildman–Crippen LogP) is 4.25. The SMILES string of the molecule is C[C@H](COc1ccc(-c2ccnc(C(F)F)c2)nc1C(F)F)CC(C)(N)COP(=O)(O)O. The third kappa shape index (κ3) is 8.10. The first kappa shape index (κ1) is 26.1. The number of aromatic nitrogens is 2. The highest BCUT2D eigenvalue weighted by atomic mass is 31.2. The van der Waals surface area contributed by atoms with Crippen LogP contribution in [-0.4, -0.2) is 38.5 Å². The fraction of sp³-hybridized carbons (Fsp3) is 0.474. The van der Waals surface area contributed by atoms with Crippen LogP contribution < -0.4 is 10.5 Å². The van der Waals surface area contributed by atoms with Gasteiger partial charge in [-0.2, -0.15) is 0 Å². The molecule has 2 heterocycles. The Hall–Kier alpha value is -2.11. The number of pyridine rings is 2. The van der Waals surface area contributed by atoms with Crippen molar-refractivity contribution in [2.24, 2.45) is 11.7 Å². The highest BCUT2D eigenvalue weighted by Crippen LogP contribution is 2.37. The zero-order valence-electron chi connectivity index (χ0n) is 17.3. The first-order valence-corrected chi connectivity index (χ1v) is 11.0. The van der Waals surface area contributed by atoms with E-state index in [-0.39, 0.29) is 36.0 Å². The summed E-state index contributed by atoms with van der Waals surface area (Å²) in [6.45, 7) is 2.80. The minimum atomic E-state index is -4.67. The fourth-order valence-electron chi connectivity index (χ4n) is 3.01. The van der Waals surface area contributed by atoms with Crippen molar-refractivity contribution in [3.63, 3.8) is 0 Å². The lowest BCUT2D eigenvalue weighted by Gasteiger charge is -2.28. The number of phosphoric acid groups is 1. The molecule has 2 rings (SSSR count). The number of hydrogen-bond acceptors (Lipinski definition) is 6. The highest BCUT2D eigenvalue weighted by Gasteiger charge is 2.27. The molecule has 0 spiro atoms. The molecule has 2 aromatic rings. The van der Waals surface area contributed by atoms with Gasteiger partial charge in [-0.15, -0.1) is 0 Å². The predicted molar refractivity (Wildman–Crippen MR) is 107 cm³/mol. The molecule has 0 aliphatic heterocycles. The van der Waals surface area contributed by atoms with Crippen molar-refractivity contribution in [2.75, 3.05) is 13.2 Å². The van der Waals surface area contributed by atoms with E-state index >= 15 is 0 Å². The number of hydrogen-bond donors (Lipinski definition) is 3. The molecule has 4 N–H and O–H groups in total. The van der Waals surface area contributed by atoms with E-state index in [1.54, 1.807) is 6.92 Å². The summed E-state index contributed by atoms with van der Waals surface area (Å²) in [6.07, 6.45) is -4.43. The lowest BCUT2D eigenvalue weighted by Crippen LogP contribution is -2.43. The average Bonchev–Trinajstić information content (AvgIpc) is 2.70. The minimum Gasteiger partial charge on any atom is -0.491 e. The van der Waals surface area contributed by atoms with Crippen molar-refractivity contribution in [3.05, 3.63) is 41.9 Å². The van der Waals surface area contributed by atoms with Crippen molar-refractivity contribution >= 4 is 7.82 Å². The van der Waals surface area contributed by atoms with Crippen LogP contribution in [0.15, 0.2) is 30.5 Å². The molecule has 0 saturated heterocycles. The van der Waals surface area contributed by atoms with Gasteiger partial charge in [0, 0.05) is 17.3 Å². The summed E-state index contributed by atoms with van der Waals surface area (Å²) < 4.78 is 73.6. The Morgan fingerprint density at radius 2 is 1.88 bits per heavy atom. The molecule has 0 bridgehead atoms. The third-order valence-corrected chi connectivity index (χ3v) is 4.76. The minimum absolute atomic E-state index is 0.0335. The van der Waals surface area contributed by atoms with Gasteiger partial charge in [0.25, 0.3) is 12.9 Å².